The van der Waals surface area contributed by atoms with E-state index < -0.39 is 29.3 Å². The van der Waals surface area contributed by atoms with Crippen LogP contribution in [0.15, 0.2) is 72.5 Å². The first kappa shape index (κ1) is 19.1. The van der Waals surface area contributed by atoms with E-state index in [1.807, 2.05) is 6.07 Å². The molecule has 3 aromatic rings. The highest BCUT2D eigenvalue weighted by Gasteiger charge is 2.41. The van der Waals surface area contributed by atoms with Crippen LogP contribution in [0.3, 0.4) is 0 Å². The molecule has 0 saturated carbocycles. The van der Waals surface area contributed by atoms with Crippen LogP contribution in [-0.4, -0.2) is 22.7 Å². The van der Waals surface area contributed by atoms with Gasteiger partial charge in [-0.1, -0.05) is 42.5 Å². The molecule has 1 atom stereocenters. The van der Waals surface area contributed by atoms with Gasteiger partial charge in [-0.3, -0.25) is 4.79 Å². The van der Waals surface area contributed by atoms with Crippen LogP contribution in [-0.2, 0) is 11.3 Å². The summed E-state index contributed by atoms with van der Waals surface area (Å²) in [7, 11) is 0. The molecule has 5 nitrogen and oxygen atoms in total. The summed E-state index contributed by atoms with van der Waals surface area (Å²) in [5.74, 6) is -1.84. The first-order chi connectivity index (χ1) is 15.0. The third kappa shape index (κ3) is 3.28. The molecule has 2 heterocycles. The molecule has 1 N–H and O–H groups in total. The van der Waals surface area contributed by atoms with Crippen molar-refractivity contribution >= 4 is 11.5 Å². The van der Waals surface area contributed by atoms with E-state index in [1.165, 1.54) is 11.0 Å². The second-order valence-corrected chi connectivity index (χ2v) is 7.33. The van der Waals surface area contributed by atoms with Gasteiger partial charge < -0.3 is 19.5 Å². The number of fused-ring (bicyclic) bond motifs is 1. The predicted octanol–water partition coefficient (Wildman–Crippen LogP) is 4.75. The highest BCUT2D eigenvalue weighted by molar-refractivity contribution is 6.05. The van der Waals surface area contributed by atoms with Crippen molar-refractivity contribution in [2.45, 2.75) is 12.6 Å². The fraction of sp³-hybridized carbons (Fsp3) is 0.125. The molecule has 0 bridgehead atoms. The summed E-state index contributed by atoms with van der Waals surface area (Å²) in [6.07, 6.45) is 0. The maximum Gasteiger partial charge on any atom is 0.290 e. The maximum absolute atomic E-state index is 14.1. The van der Waals surface area contributed by atoms with Crippen LogP contribution >= 0.6 is 0 Å². The summed E-state index contributed by atoms with van der Waals surface area (Å²) in [4.78, 5) is 14.5. The Hall–Kier alpha value is -3.87. The summed E-state index contributed by atoms with van der Waals surface area (Å²) in [6, 6.07) is 16.9. The summed E-state index contributed by atoms with van der Waals surface area (Å²) < 4.78 is 38.4. The summed E-state index contributed by atoms with van der Waals surface area (Å²) in [5.41, 5.74) is 2.07. The van der Waals surface area contributed by atoms with E-state index in [1.54, 1.807) is 42.5 Å². The van der Waals surface area contributed by atoms with Crippen LogP contribution in [0, 0.1) is 11.6 Å². The number of benzene rings is 3. The van der Waals surface area contributed by atoms with E-state index in [-0.39, 0.29) is 13.3 Å². The lowest BCUT2D eigenvalue weighted by atomic mass is 9.93. The third-order valence-corrected chi connectivity index (χ3v) is 5.44. The quantitative estimate of drug-likeness (QED) is 0.661. The normalized spacial score (nSPS) is 17.5. The Labute approximate surface area is 176 Å². The van der Waals surface area contributed by atoms with Crippen molar-refractivity contribution in [3.8, 4) is 11.5 Å². The molecular weight excluding hydrogens is 404 g/mol. The number of aliphatic hydroxyl groups is 1. The van der Waals surface area contributed by atoms with E-state index in [4.69, 9.17) is 9.47 Å². The number of hydrogen-bond acceptors (Lipinski definition) is 4. The molecule has 0 unspecified atom stereocenters. The largest absolute Gasteiger partial charge is 0.503 e. The van der Waals surface area contributed by atoms with Crippen molar-refractivity contribution in [2.24, 2.45) is 0 Å². The van der Waals surface area contributed by atoms with Crippen molar-refractivity contribution in [1.82, 2.24) is 4.90 Å². The Morgan fingerprint density at radius 2 is 1.71 bits per heavy atom. The maximum atomic E-state index is 14.1. The van der Waals surface area contributed by atoms with Gasteiger partial charge in [-0.2, -0.15) is 0 Å². The highest BCUT2D eigenvalue weighted by Crippen LogP contribution is 2.44. The molecule has 2 aliphatic heterocycles. The monoisotopic (exact) mass is 421 g/mol. The number of amides is 1. The lowest BCUT2D eigenvalue weighted by molar-refractivity contribution is -0.130. The Morgan fingerprint density at radius 1 is 0.935 bits per heavy atom. The van der Waals surface area contributed by atoms with Gasteiger partial charge in [0.15, 0.2) is 28.9 Å². The van der Waals surface area contributed by atoms with Crippen LogP contribution in [0.2, 0.25) is 0 Å². The fourth-order valence-corrected chi connectivity index (χ4v) is 3.99. The van der Waals surface area contributed by atoms with E-state index in [9.17, 15) is 18.7 Å². The number of aliphatic hydroxyl groups excluding tert-OH is 1. The molecule has 3 aromatic carbocycles. The first-order valence-electron chi connectivity index (χ1n) is 9.66. The van der Waals surface area contributed by atoms with Crippen LogP contribution in [0.5, 0.6) is 11.5 Å². The third-order valence-electron chi connectivity index (χ3n) is 5.44. The molecule has 2 aliphatic rings. The number of carbonyl (C=O) groups is 1. The lowest BCUT2D eigenvalue weighted by Crippen LogP contribution is -2.30. The minimum Gasteiger partial charge on any atom is -0.503 e. The molecule has 7 heteroatoms. The second-order valence-electron chi connectivity index (χ2n) is 7.33. The molecule has 0 saturated heterocycles. The van der Waals surface area contributed by atoms with Crippen molar-refractivity contribution < 1.29 is 28.2 Å². The molecule has 0 fully saturated rings. The Bertz CT molecular complexity index is 1210. The van der Waals surface area contributed by atoms with E-state index >= 15 is 0 Å². The van der Waals surface area contributed by atoms with E-state index in [2.05, 4.69) is 0 Å². The number of carbonyl (C=O) groups excluding carboxylic acids is 1. The lowest BCUT2D eigenvalue weighted by Gasteiger charge is -2.27. The topological polar surface area (TPSA) is 59.0 Å². The Kier molecular flexibility index (Phi) is 4.58. The molecule has 1 amide bonds. The number of nitrogens with zero attached hydrogens (tertiary/aromatic N) is 1. The SMILES string of the molecule is O=C1C(O)=C(c2ccccc2)[C@H](c2ccc(F)c(F)c2)N1Cc1ccc2c(c1)OCO2. The minimum atomic E-state index is -1.02. The number of ether oxygens (including phenoxy) is 2. The zero-order valence-electron chi connectivity index (χ0n) is 16.2. The molecule has 5 rings (SSSR count). The average Bonchev–Trinajstić information content (AvgIpc) is 3.34. The van der Waals surface area contributed by atoms with Crippen molar-refractivity contribution in [2.75, 3.05) is 6.79 Å². The van der Waals surface area contributed by atoms with Crippen molar-refractivity contribution in [3.05, 3.63) is 101 Å². The molecule has 0 aromatic heterocycles. The molecule has 0 radical (unpaired) electrons. The van der Waals surface area contributed by atoms with Gasteiger partial charge in [0.25, 0.3) is 5.91 Å². The molecule has 0 aliphatic carbocycles. The Morgan fingerprint density at radius 3 is 2.48 bits per heavy atom. The van der Waals surface area contributed by atoms with Crippen LogP contribution in [0.4, 0.5) is 8.78 Å². The highest BCUT2D eigenvalue weighted by atomic mass is 19.2. The van der Waals surface area contributed by atoms with Crippen molar-refractivity contribution in [3.63, 3.8) is 0 Å². The average molecular weight is 421 g/mol. The van der Waals surface area contributed by atoms with Gasteiger partial charge >= 0.3 is 0 Å². The summed E-state index contributed by atoms with van der Waals surface area (Å²) in [5, 5.41) is 10.7. The van der Waals surface area contributed by atoms with Gasteiger partial charge in [0, 0.05) is 12.1 Å². The van der Waals surface area contributed by atoms with Gasteiger partial charge in [-0.05, 0) is 41.0 Å². The molecule has 31 heavy (non-hydrogen) atoms. The molecular formula is C24H17F2NO4. The molecule has 156 valence electrons. The van der Waals surface area contributed by atoms with Crippen LogP contribution in [0.25, 0.3) is 5.57 Å². The first-order valence-corrected chi connectivity index (χ1v) is 9.66. The number of hydrogen-bond donors (Lipinski definition) is 1. The van der Waals surface area contributed by atoms with Gasteiger partial charge in [-0.15, -0.1) is 0 Å². The van der Waals surface area contributed by atoms with Crippen LogP contribution in [0.1, 0.15) is 22.7 Å². The zero-order valence-corrected chi connectivity index (χ0v) is 16.2. The van der Waals surface area contributed by atoms with Gasteiger partial charge in [-0.25, -0.2) is 8.78 Å². The van der Waals surface area contributed by atoms with Gasteiger partial charge in [0.2, 0.25) is 6.79 Å². The number of rotatable bonds is 4. The standard InChI is InChI=1S/C24H17F2NO4/c25-17-8-7-16(11-18(17)26)22-21(15-4-2-1-3-5-15)23(28)24(29)27(22)12-14-6-9-19-20(10-14)31-13-30-19/h1-11,22,28H,12-13H2/t22-/m0/s1. The van der Waals surface area contributed by atoms with E-state index in [0.29, 0.717) is 28.2 Å². The fourth-order valence-electron chi connectivity index (χ4n) is 3.99. The summed E-state index contributed by atoms with van der Waals surface area (Å²) >= 11 is 0. The number of halogens is 2. The smallest absolute Gasteiger partial charge is 0.290 e. The van der Waals surface area contributed by atoms with Gasteiger partial charge in [0.05, 0.1) is 6.04 Å². The van der Waals surface area contributed by atoms with E-state index in [0.717, 1.165) is 17.7 Å². The second kappa shape index (κ2) is 7.43. The summed E-state index contributed by atoms with van der Waals surface area (Å²) in [6.45, 7) is 0.249. The Balaban J connectivity index is 1.59. The van der Waals surface area contributed by atoms with Gasteiger partial charge in [0.1, 0.15) is 0 Å². The molecule has 0 spiro atoms. The minimum absolute atomic E-state index is 0.124. The van der Waals surface area contributed by atoms with Crippen molar-refractivity contribution in [1.29, 1.82) is 0 Å². The zero-order chi connectivity index (χ0) is 21.5. The van der Waals surface area contributed by atoms with Crippen LogP contribution < -0.4 is 9.47 Å². The predicted molar refractivity (Wildman–Crippen MR) is 108 cm³/mol.